The Bertz CT molecular complexity index is 313. The molecule has 0 aromatic carbocycles. The lowest BCUT2D eigenvalue weighted by atomic mass is 10.1. The molecule has 1 N–H and O–H groups in total. The highest BCUT2D eigenvalue weighted by Gasteiger charge is 2.30. The van der Waals surface area contributed by atoms with E-state index in [9.17, 15) is 14.9 Å². The van der Waals surface area contributed by atoms with E-state index in [0.717, 1.165) is 19.3 Å². The summed E-state index contributed by atoms with van der Waals surface area (Å²) in [5.74, 6) is -0.0251. The summed E-state index contributed by atoms with van der Waals surface area (Å²) in [5.41, 5.74) is -0.546. The average molecular weight is 260 g/mol. The van der Waals surface area contributed by atoms with Crippen molar-refractivity contribution in [3.05, 3.63) is 10.1 Å². The summed E-state index contributed by atoms with van der Waals surface area (Å²) in [6, 6.07) is -0.111. The van der Waals surface area contributed by atoms with Crippen molar-refractivity contribution in [2.75, 3.05) is 6.61 Å². The molecule has 104 valence electrons. The molecule has 1 saturated carbocycles. The van der Waals surface area contributed by atoms with E-state index in [1.165, 1.54) is 0 Å². The summed E-state index contributed by atoms with van der Waals surface area (Å²) >= 11 is 0. The van der Waals surface area contributed by atoms with E-state index in [-0.39, 0.29) is 18.6 Å². The van der Waals surface area contributed by atoms with Gasteiger partial charge in [0.1, 0.15) is 12.2 Å². The molecule has 0 heterocycles. The maximum absolute atomic E-state index is 11.6. The number of rotatable bonds is 4. The second kappa shape index (κ2) is 5.88. The van der Waals surface area contributed by atoms with E-state index in [1.807, 2.05) is 0 Å². The molecule has 0 spiro atoms. The SMILES string of the molecule is CC(C)(C)OC(=O)NC1CCCC1CO[N+](=O)[O-]. The van der Waals surface area contributed by atoms with Crippen molar-refractivity contribution in [1.82, 2.24) is 5.32 Å². The van der Waals surface area contributed by atoms with Crippen LogP contribution in [-0.2, 0) is 9.57 Å². The lowest BCUT2D eigenvalue weighted by Gasteiger charge is -2.24. The fourth-order valence-electron chi connectivity index (χ4n) is 2.04. The summed E-state index contributed by atoms with van der Waals surface area (Å²) in [6.45, 7) is 5.38. The van der Waals surface area contributed by atoms with Gasteiger partial charge in [0, 0.05) is 12.0 Å². The maximum atomic E-state index is 11.6. The van der Waals surface area contributed by atoms with Crippen molar-refractivity contribution in [1.29, 1.82) is 0 Å². The molecule has 0 saturated heterocycles. The fourth-order valence-corrected chi connectivity index (χ4v) is 2.04. The van der Waals surface area contributed by atoms with Gasteiger partial charge in [-0.2, -0.15) is 0 Å². The summed E-state index contributed by atoms with van der Waals surface area (Å²) in [6.07, 6.45) is 2.05. The predicted octanol–water partition coefficient (Wildman–Crippen LogP) is 1.89. The van der Waals surface area contributed by atoms with E-state index in [1.54, 1.807) is 20.8 Å². The molecular formula is C11H20N2O5. The zero-order valence-electron chi connectivity index (χ0n) is 11.0. The first kappa shape index (κ1) is 14.5. The van der Waals surface area contributed by atoms with Crippen LogP contribution < -0.4 is 5.32 Å². The van der Waals surface area contributed by atoms with Crippen LogP contribution in [0, 0.1) is 16.0 Å². The minimum atomic E-state index is -0.803. The van der Waals surface area contributed by atoms with Gasteiger partial charge in [-0.15, -0.1) is 10.1 Å². The lowest BCUT2D eigenvalue weighted by molar-refractivity contribution is -0.759. The van der Waals surface area contributed by atoms with E-state index in [4.69, 9.17) is 4.74 Å². The summed E-state index contributed by atoms with van der Waals surface area (Å²) < 4.78 is 5.15. The summed E-state index contributed by atoms with van der Waals surface area (Å²) in [7, 11) is 0. The van der Waals surface area contributed by atoms with Crippen molar-refractivity contribution in [3.8, 4) is 0 Å². The number of nitrogens with zero attached hydrogens (tertiary/aromatic N) is 1. The Morgan fingerprint density at radius 2 is 2.11 bits per heavy atom. The molecule has 1 amide bonds. The molecule has 1 aliphatic rings. The standard InChI is InChI=1S/C11H20N2O5/c1-11(2,3)18-10(14)12-9-6-4-5-8(9)7-17-13(15)16/h8-9H,4-7H2,1-3H3,(H,12,14). The summed E-state index contributed by atoms with van der Waals surface area (Å²) in [5, 5.41) is 12.1. The van der Waals surface area contributed by atoms with Gasteiger partial charge in [0.05, 0.1) is 0 Å². The molecule has 1 fully saturated rings. The number of carbonyl (C=O) groups is 1. The van der Waals surface area contributed by atoms with Crippen LogP contribution in [0.4, 0.5) is 4.79 Å². The highest BCUT2D eigenvalue weighted by molar-refractivity contribution is 5.68. The predicted molar refractivity (Wildman–Crippen MR) is 63.4 cm³/mol. The molecule has 18 heavy (non-hydrogen) atoms. The Morgan fingerprint density at radius 1 is 1.44 bits per heavy atom. The first-order valence-electron chi connectivity index (χ1n) is 6.05. The van der Waals surface area contributed by atoms with Gasteiger partial charge in [-0.25, -0.2) is 4.79 Å². The fraction of sp³-hybridized carbons (Fsp3) is 0.909. The molecule has 0 aromatic rings. The molecule has 1 rings (SSSR count). The van der Waals surface area contributed by atoms with Gasteiger partial charge in [0.25, 0.3) is 5.09 Å². The third kappa shape index (κ3) is 5.20. The van der Waals surface area contributed by atoms with Crippen LogP contribution >= 0.6 is 0 Å². The van der Waals surface area contributed by atoms with Crippen molar-refractivity contribution < 1.29 is 19.5 Å². The lowest BCUT2D eigenvalue weighted by Crippen LogP contribution is -2.42. The molecule has 2 atom stereocenters. The van der Waals surface area contributed by atoms with Gasteiger partial charge < -0.3 is 14.9 Å². The molecule has 1 aliphatic carbocycles. The van der Waals surface area contributed by atoms with Gasteiger partial charge in [-0.05, 0) is 33.6 Å². The third-order valence-electron chi connectivity index (χ3n) is 2.76. The average Bonchev–Trinajstić information content (AvgIpc) is 2.59. The molecule has 0 aromatic heterocycles. The Kier molecular flexibility index (Phi) is 4.75. The van der Waals surface area contributed by atoms with Crippen LogP contribution in [0.15, 0.2) is 0 Å². The van der Waals surface area contributed by atoms with Crippen molar-refractivity contribution in [2.24, 2.45) is 5.92 Å². The van der Waals surface area contributed by atoms with Gasteiger partial charge in [0.15, 0.2) is 0 Å². The van der Waals surface area contributed by atoms with Gasteiger partial charge in [-0.1, -0.05) is 6.42 Å². The highest BCUT2D eigenvalue weighted by Crippen LogP contribution is 2.26. The first-order chi connectivity index (χ1) is 8.28. The molecule has 7 nitrogen and oxygen atoms in total. The number of ether oxygens (including phenoxy) is 1. The molecule has 0 bridgehead atoms. The topological polar surface area (TPSA) is 90.7 Å². The van der Waals surface area contributed by atoms with E-state index >= 15 is 0 Å². The van der Waals surface area contributed by atoms with Crippen LogP contribution in [0.3, 0.4) is 0 Å². The Balaban J connectivity index is 2.40. The molecular weight excluding hydrogens is 240 g/mol. The monoisotopic (exact) mass is 260 g/mol. The Hall–Kier alpha value is -1.53. The van der Waals surface area contributed by atoms with E-state index in [0.29, 0.717) is 0 Å². The zero-order valence-corrected chi connectivity index (χ0v) is 11.0. The normalized spacial score (nSPS) is 23.5. The Morgan fingerprint density at radius 3 is 2.67 bits per heavy atom. The van der Waals surface area contributed by atoms with Gasteiger partial charge in [0.2, 0.25) is 0 Å². The number of hydrogen-bond donors (Lipinski definition) is 1. The number of alkyl carbamates (subject to hydrolysis) is 1. The number of carbonyl (C=O) groups excluding carboxylic acids is 1. The van der Waals surface area contributed by atoms with E-state index in [2.05, 4.69) is 10.2 Å². The zero-order chi connectivity index (χ0) is 13.8. The van der Waals surface area contributed by atoms with Crippen LogP contribution in [-0.4, -0.2) is 29.4 Å². The van der Waals surface area contributed by atoms with Crippen LogP contribution in [0.25, 0.3) is 0 Å². The molecule has 7 heteroatoms. The molecule has 2 unspecified atom stereocenters. The van der Waals surface area contributed by atoms with E-state index < -0.39 is 16.8 Å². The number of hydrogen-bond acceptors (Lipinski definition) is 5. The molecule has 0 aliphatic heterocycles. The highest BCUT2D eigenvalue weighted by atomic mass is 16.9. The molecule has 0 radical (unpaired) electrons. The van der Waals surface area contributed by atoms with Crippen molar-refractivity contribution >= 4 is 6.09 Å². The van der Waals surface area contributed by atoms with Crippen molar-refractivity contribution in [3.63, 3.8) is 0 Å². The smallest absolute Gasteiger partial charge is 0.407 e. The summed E-state index contributed by atoms with van der Waals surface area (Å²) in [4.78, 5) is 26.1. The van der Waals surface area contributed by atoms with Gasteiger partial charge >= 0.3 is 6.09 Å². The maximum Gasteiger partial charge on any atom is 0.407 e. The second-order valence-electron chi connectivity index (χ2n) is 5.46. The second-order valence-corrected chi connectivity index (χ2v) is 5.46. The first-order valence-corrected chi connectivity index (χ1v) is 6.05. The van der Waals surface area contributed by atoms with Crippen molar-refractivity contribution in [2.45, 2.75) is 51.7 Å². The largest absolute Gasteiger partial charge is 0.444 e. The van der Waals surface area contributed by atoms with Gasteiger partial charge in [-0.3, -0.25) is 0 Å². The Labute approximate surface area is 106 Å². The minimum Gasteiger partial charge on any atom is -0.444 e. The minimum absolute atomic E-state index is 0.0213. The van der Waals surface area contributed by atoms with Crippen LogP contribution in [0.5, 0.6) is 0 Å². The number of nitrogens with one attached hydrogen (secondary N) is 1. The van der Waals surface area contributed by atoms with Crippen LogP contribution in [0.1, 0.15) is 40.0 Å². The van der Waals surface area contributed by atoms with Crippen LogP contribution in [0.2, 0.25) is 0 Å². The quantitative estimate of drug-likeness (QED) is 0.615. The third-order valence-corrected chi connectivity index (χ3v) is 2.76. The number of amides is 1.